The summed E-state index contributed by atoms with van der Waals surface area (Å²) in [5.41, 5.74) is 2.57. The lowest BCUT2D eigenvalue weighted by Crippen LogP contribution is -2.54. The Kier molecular flexibility index (Phi) is 5.64. The number of hydrogen-bond acceptors (Lipinski definition) is 4. The molecule has 1 aromatic carbocycles. The number of likely N-dealkylation sites (N-methyl/N-ethyl adjacent to an activating group) is 1. The van der Waals surface area contributed by atoms with E-state index in [1.807, 2.05) is 18.7 Å². The Bertz CT molecular complexity index is 578. The third-order valence-corrected chi connectivity index (χ3v) is 5.51. The Morgan fingerprint density at radius 1 is 1.12 bits per heavy atom. The number of piperazine rings is 2. The first-order chi connectivity index (χ1) is 12.0. The molecule has 5 heteroatoms. The molecule has 2 atom stereocenters. The average molecular weight is 345 g/mol. The topological polar surface area (TPSA) is 38.8 Å². The summed E-state index contributed by atoms with van der Waals surface area (Å²) < 4.78 is 0. The predicted molar refractivity (Wildman–Crippen MR) is 103 cm³/mol. The number of carbonyl (C=O) groups excluding carboxylic acids is 1. The second-order valence-electron chi connectivity index (χ2n) is 7.84. The normalized spacial score (nSPS) is 25.5. The second kappa shape index (κ2) is 7.75. The maximum atomic E-state index is 12.5. The summed E-state index contributed by atoms with van der Waals surface area (Å²) in [6, 6.07) is 9.39. The first-order valence-corrected chi connectivity index (χ1v) is 9.53. The van der Waals surface area contributed by atoms with E-state index in [2.05, 4.69) is 53.4 Å². The summed E-state index contributed by atoms with van der Waals surface area (Å²) in [5.74, 6) is 0.314. The van der Waals surface area contributed by atoms with Gasteiger partial charge >= 0.3 is 0 Å². The van der Waals surface area contributed by atoms with E-state index in [0.717, 1.165) is 39.3 Å². The van der Waals surface area contributed by atoms with Crippen molar-refractivity contribution in [3.8, 4) is 0 Å². The van der Waals surface area contributed by atoms with Crippen LogP contribution in [0.25, 0.3) is 0 Å². The zero-order chi connectivity index (χ0) is 18.0. The van der Waals surface area contributed by atoms with Gasteiger partial charge in [0, 0.05) is 63.0 Å². The molecule has 2 fully saturated rings. The third-order valence-electron chi connectivity index (χ3n) is 5.51. The van der Waals surface area contributed by atoms with Crippen molar-refractivity contribution in [2.24, 2.45) is 5.92 Å². The Labute approximate surface area is 152 Å². The molecule has 2 saturated heterocycles. The molecule has 1 aromatic rings. The van der Waals surface area contributed by atoms with Crippen molar-refractivity contribution in [3.05, 3.63) is 29.8 Å². The highest BCUT2D eigenvalue weighted by molar-refractivity contribution is 5.78. The molecule has 2 aliphatic rings. The molecule has 1 N–H and O–H groups in total. The summed E-state index contributed by atoms with van der Waals surface area (Å²) in [5, 5.41) is 3.60. The van der Waals surface area contributed by atoms with Crippen LogP contribution in [0.3, 0.4) is 0 Å². The van der Waals surface area contributed by atoms with Crippen LogP contribution in [0.15, 0.2) is 24.3 Å². The zero-order valence-electron chi connectivity index (χ0n) is 16.0. The number of carbonyl (C=O) groups is 1. The quantitative estimate of drug-likeness (QED) is 0.910. The van der Waals surface area contributed by atoms with E-state index in [4.69, 9.17) is 0 Å². The highest BCUT2D eigenvalue weighted by Crippen LogP contribution is 2.24. The second-order valence-corrected chi connectivity index (χ2v) is 7.84. The standard InChI is InChI=1S/C20H32N4O/c1-15(2)20(25)24-14-19(21-13-16(24)3)17-5-7-18(8-6-17)23-11-9-22(4)10-12-23/h5-8,15-16,19,21H,9-14H2,1-4H3. The number of benzene rings is 1. The lowest BCUT2D eigenvalue weighted by molar-refractivity contribution is -0.138. The summed E-state index contributed by atoms with van der Waals surface area (Å²) in [7, 11) is 2.18. The van der Waals surface area contributed by atoms with Crippen LogP contribution in [0.4, 0.5) is 5.69 Å². The van der Waals surface area contributed by atoms with Crippen molar-refractivity contribution in [1.29, 1.82) is 0 Å². The first-order valence-electron chi connectivity index (χ1n) is 9.53. The molecule has 0 aromatic heterocycles. The molecular weight excluding hydrogens is 312 g/mol. The van der Waals surface area contributed by atoms with Crippen LogP contribution in [-0.2, 0) is 4.79 Å². The molecule has 2 heterocycles. The van der Waals surface area contributed by atoms with Crippen LogP contribution in [-0.4, -0.2) is 68.1 Å². The van der Waals surface area contributed by atoms with Crippen molar-refractivity contribution in [3.63, 3.8) is 0 Å². The van der Waals surface area contributed by atoms with Gasteiger partial charge < -0.3 is 20.0 Å². The van der Waals surface area contributed by atoms with Crippen molar-refractivity contribution in [2.45, 2.75) is 32.9 Å². The number of amides is 1. The van der Waals surface area contributed by atoms with Crippen molar-refractivity contribution < 1.29 is 4.79 Å². The molecule has 138 valence electrons. The van der Waals surface area contributed by atoms with E-state index in [-0.39, 0.29) is 23.9 Å². The van der Waals surface area contributed by atoms with Crippen molar-refractivity contribution >= 4 is 11.6 Å². The van der Waals surface area contributed by atoms with E-state index in [9.17, 15) is 4.79 Å². The lowest BCUT2D eigenvalue weighted by Gasteiger charge is -2.40. The van der Waals surface area contributed by atoms with Gasteiger partial charge in [0.2, 0.25) is 5.91 Å². The largest absolute Gasteiger partial charge is 0.369 e. The molecule has 2 aliphatic heterocycles. The van der Waals surface area contributed by atoms with E-state index in [1.165, 1.54) is 11.3 Å². The van der Waals surface area contributed by atoms with Crippen LogP contribution in [0, 0.1) is 5.92 Å². The van der Waals surface area contributed by atoms with Gasteiger partial charge in [-0.25, -0.2) is 0 Å². The van der Waals surface area contributed by atoms with E-state index >= 15 is 0 Å². The van der Waals surface area contributed by atoms with Gasteiger partial charge in [-0.1, -0.05) is 26.0 Å². The van der Waals surface area contributed by atoms with E-state index < -0.39 is 0 Å². The SMILES string of the molecule is CC(C)C(=O)N1CC(c2ccc(N3CCN(C)CC3)cc2)NCC1C. The maximum absolute atomic E-state index is 12.5. The van der Waals surface area contributed by atoms with Gasteiger partial charge in [0.1, 0.15) is 0 Å². The van der Waals surface area contributed by atoms with Crippen molar-refractivity contribution in [1.82, 2.24) is 15.1 Å². The molecule has 0 bridgehead atoms. The number of nitrogens with one attached hydrogen (secondary N) is 1. The molecule has 0 spiro atoms. The molecule has 0 saturated carbocycles. The molecule has 25 heavy (non-hydrogen) atoms. The fourth-order valence-corrected chi connectivity index (χ4v) is 3.71. The van der Waals surface area contributed by atoms with Crippen LogP contribution in [0.1, 0.15) is 32.4 Å². The van der Waals surface area contributed by atoms with Crippen LogP contribution >= 0.6 is 0 Å². The van der Waals surface area contributed by atoms with Crippen molar-refractivity contribution in [2.75, 3.05) is 51.2 Å². The van der Waals surface area contributed by atoms with Gasteiger partial charge in [0.25, 0.3) is 0 Å². The van der Waals surface area contributed by atoms with Crippen LogP contribution in [0.5, 0.6) is 0 Å². The summed E-state index contributed by atoms with van der Waals surface area (Å²) >= 11 is 0. The summed E-state index contributed by atoms with van der Waals surface area (Å²) in [6.45, 7) is 12.1. The maximum Gasteiger partial charge on any atom is 0.225 e. The fraction of sp³-hybridized carbons (Fsp3) is 0.650. The molecule has 0 aliphatic carbocycles. The van der Waals surface area contributed by atoms with E-state index in [0.29, 0.717) is 0 Å². The molecular formula is C20H32N4O. The van der Waals surface area contributed by atoms with Gasteiger partial charge in [0.15, 0.2) is 0 Å². The fourth-order valence-electron chi connectivity index (χ4n) is 3.71. The summed E-state index contributed by atoms with van der Waals surface area (Å²) in [6.07, 6.45) is 0. The predicted octanol–water partition coefficient (Wildman–Crippen LogP) is 1.96. The van der Waals surface area contributed by atoms with Gasteiger partial charge in [-0.3, -0.25) is 4.79 Å². The highest BCUT2D eigenvalue weighted by Gasteiger charge is 2.30. The average Bonchev–Trinajstić information content (AvgIpc) is 2.62. The minimum atomic E-state index is 0.0563. The Balaban J connectivity index is 1.66. The first kappa shape index (κ1) is 18.2. The highest BCUT2D eigenvalue weighted by atomic mass is 16.2. The third kappa shape index (κ3) is 4.15. The van der Waals surface area contributed by atoms with Gasteiger partial charge in [0.05, 0.1) is 0 Å². The monoisotopic (exact) mass is 344 g/mol. The minimum Gasteiger partial charge on any atom is -0.369 e. The molecule has 2 unspecified atom stereocenters. The number of anilines is 1. The molecule has 3 rings (SSSR count). The Morgan fingerprint density at radius 3 is 2.36 bits per heavy atom. The number of nitrogens with zero attached hydrogens (tertiary/aromatic N) is 3. The number of rotatable bonds is 3. The van der Waals surface area contributed by atoms with Gasteiger partial charge in [-0.2, -0.15) is 0 Å². The lowest BCUT2D eigenvalue weighted by atomic mass is 10.00. The minimum absolute atomic E-state index is 0.0563. The number of hydrogen-bond donors (Lipinski definition) is 1. The Hall–Kier alpha value is -1.59. The molecule has 5 nitrogen and oxygen atoms in total. The molecule has 1 amide bonds. The van der Waals surface area contributed by atoms with E-state index in [1.54, 1.807) is 0 Å². The van der Waals surface area contributed by atoms with Gasteiger partial charge in [-0.05, 0) is 31.7 Å². The summed E-state index contributed by atoms with van der Waals surface area (Å²) in [4.78, 5) is 19.3. The smallest absolute Gasteiger partial charge is 0.225 e. The Morgan fingerprint density at radius 2 is 1.76 bits per heavy atom. The van der Waals surface area contributed by atoms with Gasteiger partial charge in [-0.15, -0.1) is 0 Å². The molecule has 0 radical (unpaired) electrons. The van der Waals surface area contributed by atoms with Crippen LogP contribution < -0.4 is 10.2 Å². The zero-order valence-corrected chi connectivity index (χ0v) is 16.0. The van der Waals surface area contributed by atoms with Crippen LogP contribution in [0.2, 0.25) is 0 Å².